The van der Waals surface area contributed by atoms with Gasteiger partial charge in [-0.1, -0.05) is 26.3 Å². The molecule has 25 heteroatoms. The largest absolute Gasteiger partial charge is 0.466 e. The van der Waals surface area contributed by atoms with Gasteiger partial charge in [-0.25, -0.2) is 24.0 Å². The highest BCUT2D eigenvalue weighted by Gasteiger charge is 2.32. The Morgan fingerprint density at radius 1 is 0.565 bits per heavy atom. The molecule has 12 N–H and O–H groups in total. The van der Waals surface area contributed by atoms with E-state index in [-0.39, 0.29) is 48.4 Å². The number of esters is 6. The molecule has 69 heavy (non-hydrogen) atoms. The van der Waals surface area contributed by atoms with Crippen molar-refractivity contribution in [3.05, 3.63) is 55.5 Å². The first kappa shape index (κ1) is 72.5. The van der Waals surface area contributed by atoms with Crippen molar-refractivity contribution in [2.24, 2.45) is 5.73 Å². The number of carbonyl (C=O) groups excluding carboxylic acids is 7. The van der Waals surface area contributed by atoms with Gasteiger partial charge in [0.15, 0.2) is 6.10 Å². The summed E-state index contributed by atoms with van der Waals surface area (Å²) in [6, 6.07) is 0. The number of rotatable bonds is 23. The predicted molar refractivity (Wildman–Crippen MR) is 245 cm³/mol. The van der Waals surface area contributed by atoms with Crippen molar-refractivity contribution in [3.8, 4) is 0 Å². The summed E-state index contributed by atoms with van der Waals surface area (Å²) in [7, 11) is 0. The zero-order chi connectivity index (χ0) is 55.4. The van der Waals surface area contributed by atoms with Gasteiger partial charge in [0, 0.05) is 49.2 Å². The molecule has 0 aromatic rings. The molecule has 0 aliphatic heterocycles. The molecule has 0 saturated carbocycles. The number of amides is 1. The van der Waals surface area contributed by atoms with E-state index in [1.54, 1.807) is 34.6 Å². The Balaban J connectivity index is -0.000000266. The van der Waals surface area contributed by atoms with Gasteiger partial charge in [0.05, 0.1) is 25.4 Å². The van der Waals surface area contributed by atoms with E-state index >= 15 is 0 Å². The number of ether oxygens (including phenoxy) is 7. The van der Waals surface area contributed by atoms with Crippen molar-refractivity contribution < 1.29 is 113 Å². The minimum atomic E-state index is -1.79. The molecular weight excluding hydrogens is 924 g/mol. The van der Waals surface area contributed by atoms with E-state index < -0.39 is 117 Å². The van der Waals surface area contributed by atoms with Gasteiger partial charge in [-0.15, -0.1) is 0 Å². The molecule has 0 rings (SSSR count). The monoisotopic (exact) mass is 1000 g/mol. The maximum atomic E-state index is 11.4. The first-order valence-corrected chi connectivity index (χ1v) is 20.7. The van der Waals surface area contributed by atoms with Gasteiger partial charge in [-0.3, -0.25) is 9.59 Å². The number of nitrogens with two attached hydrogens (primary N) is 1. The van der Waals surface area contributed by atoms with Gasteiger partial charge in [-0.2, -0.15) is 0 Å². The van der Waals surface area contributed by atoms with E-state index in [9.17, 15) is 69.3 Å². The summed E-state index contributed by atoms with van der Waals surface area (Å²) in [6.45, 7) is 30.4. The number of alkyl carbamates (subject to hydrolysis) is 1. The first-order chi connectivity index (χ1) is 31.6. The lowest BCUT2D eigenvalue weighted by molar-refractivity contribution is -0.156. The summed E-state index contributed by atoms with van der Waals surface area (Å²) in [5, 5.41) is 86.9. The topological polar surface area (TPSA) is 404 Å². The third-order valence-corrected chi connectivity index (χ3v) is 7.07. The van der Waals surface area contributed by atoms with E-state index in [2.05, 4.69) is 57.5 Å². The Morgan fingerprint density at radius 2 is 0.928 bits per heavy atom. The Bertz CT molecular complexity index is 1600. The van der Waals surface area contributed by atoms with Crippen LogP contribution in [0.3, 0.4) is 0 Å². The lowest BCUT2D eigenvalue weighted by Crippen LogP contribution is -2.50. The second kappa shape index (κ2) is 40.4. The van der Waals surface area contributed by atoms with Gasteiger partial charge in [0.2, 0.25) is 6.61 Å². The van der Waals surface area contributed by atoms with E-state index in [0.29, 0.717) is 12.2 Å². The fraction of sp³-hybridized carbons (Fsp3) is 0.636. The maximum Gasteiger partial charge on any atom is 0.407 e. The molecule has 0 aliphatic rings. The summed E-state index contributed by atoms with van der Waals surface area (Å²) in [6.07, 6.45) is -14.5. The molecule has 9 unspecified atom stereocenters. The fourth-order valence-corrected chi connectivity index (χ4v) is 3.44. The van der Waals surface area contributed by atoms with Crippen LogP contribution < -0.4 is 11.1 Å². The molecule has 0 saturated heterocycles. The Kier molecular flexibility index (Phi) is 42.5. The van der Waals surface area contributed by atoms with Gasteiger partial charge < -0.3 is 90.2 Å². The van der Waals surface area contributed by atoms with Crippen LogP contribution >= 0.6 is 0 Å². The molecule has 0 heterocycles. The van der Waals surface area contributed by atoms with Gasteiger partial charge in [0.25, 0.3) is 0 Å². The summed E-state index contributed by atoms with van der Waals surface area (Å²) >= 11 is 0. The van der Waals surface area contributed by atoms with Crippen molar-refractivity contribution >= 4 is 41.9 Å². The SMILES string of the molecule is C=C(C)C(=O)OCC(CO)OC(=O)C(=C)C.C=C(C)C(=O)OCC(O)C(O)C(O)C(O)CNC(=O)OC(C)(C)C.C=C(C)C(=O)OC[CH2+].CC(=O)OCC(O)C(O)C(O)C(O)CN.CCOC(C)=O. The average Bonchev–Trinajstić information content (AvgIpc) is 3.26. The highest BCUT2D eigenvalue weighted by Crippen LogP contribution is 2.09. The average molecular weight is 1000 g/mol. The Labute approximate surface area is 403 Å². The summed E-state index contributed by atoms with van der Waals surface area (Å²) < 4.78 is 32.4. The molecule has 0 spiro atoms. The normalized spacial score (nSPS) is 14.1. The lowest BCUT2D eigenvalue weighted by atomic mass is 10.0. The molecule has 0 radical (unpaired) electrons. The summed E-state index contributed by atoms with van der Waals surface area (Å²) in [5.74, 6) is -3.19. The second-order valence-electron chi connectivity index (χ2n) is 15.2. The van der Waals surface area contributed by atoms with Crippen molar-refractivity contribution in [1.29, 1.82) is 0 Å². The Morgan fingerprint density at radius 3 is 1.23 bits per heavy atom. The lowest BCUT2D eigenvalue weighted by Gasteiger charge is -2.27. The smallest absolute Gasteiger partial charge is 0.407 e. The molecule has 0 aromatic heterocycles. The molecule has 0 aliphatic carbocycles. The number of aliphatic hydroxyl groups excluding tert-OH is 9. The van der Waals surface area contributed by atoms with Gasteiger partial charge >= 0.3 is 41.9 Å². The quantitative estimate of drug-likeness (QED) is 0.0231. The summed E-state index contributed by atoms with van der Waals surface area (Å²) in [4.78, 5) is 75.3. The first-order valence-electron chi connectivity index (χ1n) is 20.7. The minimum absolute atomic E-state index is 0.110. The van der Waals surface area contributed by atoms with E-state index in [0.717, 1.165) is 6.92 Å². The minimum Gasteiger partial charge on any atom is -0.466 e. The van der Waals surface area contributed by atoms with Crippen LogP contribution in [0.15, 0.2) is 48.6 Å². The number of hydrogen-bond donors (Lipinski definition) is 11. The van der Waals surface area contributed by atoms with Crippen LogP contribution in [0.1, 0.15) is 69.2 Å². The van der Waals surface area contributed by atoms with Crippen LogP contribution in [0.25, 0.3) is 0 Å². The molecule has 25 nitrogen and oxygen atoms in total. The highest BCUT2D eigenvalue weighted by atomic mass is 16.6. The van der Waals surface area contributed by atoms with E-state index in [1.165, 1.54) is 27.7 Å². The molecule has 0 bridgehead atoms. The third-order valence-electron chi connectivity index (χ3n) is 7.07. The number of aliphatic hydroxyl groups is 9. The molecule has 0 fully saturated rings. The van der Waals surface area contributed by atoms with Gasteiger partial charge in [-0.05, 0) is 55.4 Å². The fourth-order valence-electron chi connectivity index (χ4n) is 3.44. The maximum absolute atomic E-state index is 11.4. The molecular formula is C44H77N2O23+. The van der Waals surface area contributed by atoms with Crippen LogP contribution in [0.2, 0.25) is 0 Å². The molecule has 0 aromatic carbocycles. The molecule has 400 valence electrons. The van der Waals surface area contributed by atoms with Crippen molar-refractivity contribution in [2.45, 2.75) is 130 Å². The van der Waals surface area contributed by atoms with E-state index in [4.69, 9.17) is 30.2 Å². The summed E-state index contributed by atoms with van der Waals surface area (Å²) in [5.41, 5.74) is 5.29. The van der Waals surface area contributed by atoms with Gasteiger partial charge in [0.1, 0.15) is 69.0 Å². The second-order valence-corrected chi connectivity index (χ2v) is 15.2. The van der Waals surface area contributed by atoms with Crippen LogP contribution in [0.5, 0.6) is 0 Å². The number of hydrogen-bond acceptors (Lipinski definition) is 24. The molecule has 9 atom stereocenters. The van der Waals surface area contributed by atoms with Crippen LogP contribution in [0, 0.1) is 6.92 Å². The third kappa shape index (κ3) is 42.4. The van der Waals surface area contributed by atoms with Crippen molar-refractivity contribution in [1.82, 2.24) is 5.32 Å². The highest BCUT2D eigenvalue weighted by molar-refractivity contribution is 5.88. The zero-order valence-electron chi connectivity index (χ0n) is 41.2. The number of carbonyl (C=O) groups is 7. The van der Waals surface area contributed by atoms with Crippen LogP contribution in [-0.4, -0.2) is 201 Å². The van der Waals surface area contributed by atoms with Crippen LogP contribution in [-0.2, 0) is 61.9 Å². The molecule has 1 amide bonds. The van der Waals surface area contributed by atoms with Crippen molar-refractivity contribution in [3.63, 3.8) is 0 Å². The zero-order valence-corrected chi connectivity index (χ0v) is 41.2. The van der Waals surface area contributed by atoms with Crippen LogP contribution in [0.4, 0.5) is 4.79 Å². The van der Waals surface area contributed by atoms with E-state index in [1.807, 2.05) is 0 Å². The predicted octanol–water partition coefficient (Wildman–Crippen LogP) is -1.88. The Hall–Kier alpha value is -5.48. The number of nitrogens with one attached hydrogen (secondary N) is 1. The van der Waals surface area contributed by atoms with Crippen molar-refractivity contribution in [2.75, 3.05) is 52.7 Å². The standard InChI is InChI=1S/C15H27NO8.C11H16O5.C8H17NO6.C6H9O2.C4H8O2/c1-8(2)13(21)23-7-10(18)12(20)11(19)9(17)6-16-14(22)24-15(3,4)5;1-7(2)10(13)15-6-9(5-12)16-11(14)8(3)4;1-4(10)15-3-6(12)8(14)7(13)5(11)2-9;1-4-8-6(7)5(2)3;1-3-6-4(2)5/h9-12,17-20H,1,6-7H2,2-5H3,(H,16,22);9,12H,1,3,5-6H2,2,4H3;5-8,11-14H,2-3,9H2,1H3;1-2,4H2,3H3;3H2,1-2H3/q;;;+1;.